The fraction of sp³-hybridized carbons (Fsp3) is 0.500. The van der Waals surface area contributed by atoms with Crippen molar-refractivity contribution >= 4 is 5.91 Å². The van der Waals surface area contributed by atoms with Crippen LogP contribution < -0.4 is 5.32 Å². The summed E-state index contributed by atoms with van der Waals surface area (Å²) in [6.45, 7) is 16.2. The lowest BCUT2D eigenvalue weighted by molar-refractivity contribution is 0.0928. The topological polar surface area (TPSA) is 110 Å². The van der Waals surface area contributed by atoms with Crippen molar-refractivity contribution < 1.29 is 15.0 Å². The Labute approximate surface area is 237 Å². The Bertz CT molecular complexity index is 1280. The molecule has 4 rings (SSSR count). The zero-order valence-electron chi connectivity index (χ0n) is 24.4. The van der Waals surface area contributed by atoms with Gasteiger partial charge in [0.15, 0.2) is 5.82 Å². The molecule has 1 amide bonds. The third-order valence-corrected chi connectivity index (χ3v) is 7.68. The van der Waals surface area contributed by atoms with Crippen LogP contribution in [0.25, 0.3) is 17.1 Å². The van der Waals surface area contributed by atoms with Crippen LogP contribution in [0, 0.1) is 0 Å². The molecular formula is C30H43N7O3. The second-order valence-electron chi connectivity index (χ2n) is 10.8. The third kappa shape index (κ3) is 6.80. The molecule has 0 unspecified atom stereocenters. The van der Waals surface area contributed by atoms with E-state index in [2.05, 4.69) is 51.1 Å². The van der Waals surface area contributed by atoms with E-state index in [0.29, 0.717) is 29.2 Å². The lowest BCUT2D eigenvalue weighted by Crippen LogP contribution is -2.47. The van der Waals surface area contributed by atoms with Crippen LogP contribution in [0.2, 0.25) is 0 Å². The number of carbonyl (C=O) groups is 1. The zero-order chi connectivity index (χ0) is 28.8. The summed E-state index contributed by atoms with van der Waals surface area (Å²) >= 11 is 0. The summed E-state index contributed by atoms with van der Waals surface area (Å²) in [5.41, 5.74) is 2.95. The van der Waals surface area contributed by atoms with Crippen molar-refractivity contribution in [3.8, 4) is 28.6 Å². The van der Waals surface area contributed by atoms with Gasteiger partial charge in [0, 0.05) is 57.6 Å². The van der Waals surface area contributed by atoms with E-state index in [0.717, 1.165) is 57.9 Å². The number of carbonyl (C=O) groups excluding carboxylic acids is 1. The monoisotopic (exact) mass is 549 g/mol. The van der Waals surface area contributed by atoms with Gasteiger partial charge in [0.05, 0.1) is 5.56 Å². The maximum Gasteiger partial charge on any atom is 0.289 e. The minimum atomic E-state index is -0.331. The van der Waals surface area contributed by atoms with E-state index in [9.17, 15) is 15.0 Å². The van der Waals surface area contributed by atoms with Crippen LogP contribution in [0.5, 0.6) is 11.5 Å². The highest BCUT2D eigenvalue weighted by atomic mass is 16.3. The molecule has 1 saturated heterocycles. The summed E-state index contributed by atoms with van der Waals surface area (Å²) in [6.07, 6.45) is 0. The van der Waals surface area contributed by atoms with Crippen LogP contribution in [-0.4, -0.2) is 105 Å². The number of piperazine rings is 1. The van der Waals surface area contributed by atoms with Crippen LogP contribution in [0.15, 0.2) is 36.4 Å². The van der Waals surface area contributed by atoms with E-state index in [-0.39, 0.29) is 29.1 Å². The molecule has 1 fully saturated rings. The molecule has 2 heterocycles. The first-order valence-corrected chi connectivity index (χ1v) is 14.2. The van der Waals surface area contributed by atoms with E-state index < -0.39 is 0 Å². The van der Waals surface area contributed by atoms with Crippen LogP contribution in [0.3, 0.4) is 0 Å². The van der Waals surface area contributed by atoms with Gasteiger partial charge in [-0.3, -0.25) is 19.2 Å². The van der Waals surface area contributed by atoms with Crippen LogP contribution in [0.4, 0.5) is 0 Å². The van der Waals surface area contributed by atoms with Gasteiger partial charge in [-0.2, -0.15) is 0 Å². The molecule has 0 spiro atoms. The molecule has 0 aliphatic carbocycles. The molecule has 10 heteroatoms. The first kappa shape index (κ1) is 29.5. The highest BCUT2D eigenvalue weighted by Crippen LogP contribution is 2.38. The zero-order valence-corrected chi connectivity index (χ0v) is 24.4. The predicted molar refractivity (Wildman–Crippen MR) is 157 cm³/mol. The second-order valence-corrected chi connectivity index (χ2v) is 10.8. The number of hydrogen-bond acceptors (Lipinski definition) is 8. The van der Waals surface area contributed by atoms with Gasteiger partial charge in [0.2, 0.25) is 5.82 Å². The van der Waals surface area contributed by atoms with Crippen molar-refractivity contribution in [2.75, 3.05) is 59.4 Å². The first-order chi connectivity index (χ1) is 19.2. The lowest BCUT2D eigenvalue weighted by Gasteiger charge is -2.32. The Morgan fingerprint density at radius 3 is 2.30 bits per heavy atom. The Morgan fingerprint density at radius 1 is 1.00 bits per heavy atom. The van der Waals surface area contributed by atoms with E-state index in [1.807, 2.05) is 38.1 Å². The lowest BCUT2D eigenvalue weighted by atomic mass is 9.98. The quantitative estimate of drug-likeness (QED) is 0.334. The number of benzene rings is 2. The number of phenolic OH excluding ortho intramolecular Hbond substituents is 2. The molecule has 40 heavy (non-hydrogen) atoms. The third-order valence-electron chi connectivity index (χ3n) is 7.68. The Morgan fingerprint density at radius 2 is 1.68 bits per heavy atom. The number of aromatic hydroxyl groups is 2. The molecule has 0 atom stereocenters. The number of phenols is 2. The van der Waals surface area contributed by atoms with Gasteiger partial charge >= 0.3 is 0 Å². The molecule has 0 saturated carbocycles. The van der Waals surface area contributed by atoms with E-state index in [1.54, 1.807) is 10.6 Å². The summed E-state index contributed by atoms with van der Waals surface area (Å²) in [7, 11) is 2.12. The van der Waals surface area contributed by atoms with Gasteiger partial charge in [0.1, 0.15) is 11.5 Å². The number of rotatable bonds is 11. The number of aromatic nitrogens is 3. The first-order valence-electron chi connectivity index (χ1n) is 14.2. The SMILES string of the molecule is CCN(CC)Cc1ccc(-n2c(C(=O)NCCN3CCN(C)CC3)nnc2-c2cc(C(C)C)c(O)cc2O)cc1. The number of nitrogens with one attached hydrogen (secondary N) is 1. The Kier molecular flexibility index (Phi) is 9.78. The standard InChI is InChI=1S/C30H43N7O3/c1-6-35(7-2)20-22-8-10-23(11-9-22)37-28(25-18-24(21(3)4)26(38)19-27(25)39)32-33-29(37)30(40)31-12-13-36-16-14-34(5)15-17-36/h8-11,18-19,21,38-39H,6-7,12-17,20H2,1-5H3,(H,31,40). The number of amides is 1. The van der Waals surface area contributed by atoms with Crippen LogP contribution in [-0.2, 0) is 6.54 Å². The summed E-state index contributed by atoms with van der Waals surface area (Å²) < 4.78 is 1.68. The largest absolute Gasteiger partial charge is 0.508 e. The van der Waals surface area contributed by atoms with Gasteiger partial charge in [-0.1, -0.05) is 39.8 Å². The van der Waals surface area contributed by atoms with Crippen LogP contribution in [0.1, 0.15) is 55.4 Å². The fourth-order valence-electron chi connectivity index (χ4n) is 5.02. The highest BCUT2D eigenvalue weighted by molar-refractivity contribution is 5.92. The van der Waals surface area contributed by atoms with E-state index >= 15 is 0 Å². The predicted octanol–water partition coefficient (Wildman–Crippen LogP) is 3.29. The summed E-state index contributed by atoms with van der Waals surface area (Å²) in [6, 6.07) is 11.0. The molecule has 0 bridgehead atoms. The van der Waals surface area contributed by atoms with Gasteiger partial charge < -0.3 is 20.4 Å². The van der Waals surface area contributed by atoms with Crippen molar-refractivity contribution in [2.24, 2.45) is 0 Å². The van der Waals surface area contributed by atoms with Gasteiger partial charge in [-0.25, -0.2) is 0 Å². The number of likely N-dealkylation sites (N-methyl/N-ethyl adjacent to an activating group) is 1. The number of nitrogens with zero attached hydrogens (tertiary/aromatic N) is 6. The highest BCUT2D eigenvalue weighted by Gasteiger charge is 2.25. The van der Waals surface area contributed by atoms with Crippen molar-refractivity contribution in [1.29, 1.82) is 0 Å². The maximum absolute atomic E-state index is 13.4. The molecule has 216 valence electrons. The maximum atomic E-state index is 13.4. The fourth-order valence-corrected chi connectivity index (χ4v) is 5.02. The number of hydrogen-bond donors (Lipinski definition) is 3. The van der Waals surface area contributed by atoms with E-state index in [1.165, 1.54) is 6.07 Å². The molecule has 1 aromatic heterocycles. The Hall–Kier alpha value is -3.47. The molecule has 2 aromatic carbocycles. The van der Waals surface area contributed by atoms with Crippen LogP contribution >= 0.6 is 0 Å². The van der Waals surface area contributed by atoms with Crippen molar-refractivity contribution in [3.63, 3.8) is 0 Å². The summed E-state index contributed by atoms with van der Waals surface area (Å²) in [5, 5.41) is 32.9. The average molecular weight is 550 g/mol. The Balaban J connectivity index is 1.66. The van der Waals surface area contributed by atoms with Crippen molar-refractivity contribution in [3.05, 3.63) is 53.3 Å². The smallest absolute Gasteiger partial charge is 0.289 e. The molecule has 10 nitrogen and oxygen atoms in total. The van der Waals surface area contributed by atoms with Crippen molar-refractivity contribution in [2.45, 2.75) is 40.2 Å². The molecule has 0 radical (unpaired) electrons. The van der Waals surface area contributed by atoms with Gasteiger partial charge in [-0.05, 0) is 55.4 Å². The molecule has 1 aliphatic rings. The molecule has 3 N–H and O–H groups in total. The normalized spacial score (nSPS) is 14.8. The molecular weight excluding hydrogens is 506 g/mol. The summed E-state index contributed by atoms with van der Waals surface area (Å²) in [4.78, 5) is 20.4. The molecule has 3 aromatic rings. The van der Waals surface area contributed by atoms with Crippen molar-refractivity contribution in [1.82, 2.24) is 34.8 Å². The van der Waals surface area contributed by atoms with Gasteiger partial charge in [-0.15, -0.1) is 10.2 Å². The van der Waals surface area contributed by atoms with E-state index in [4.69, 9.17) is 0 Å². The summed E-state index contributed by atoms with van der Waals surface area (Å²) in [5.74, 6) is 0.0547. The molecule has 1 aliphatic heterocycles. The minimum absolute atomic E-state index is 0.0185. The minimum Gasteiger partial charge on any atom is -0.508 e. The van der Waals surface area contributed by atoms with Gasteiger partial charge in [0.25, 0.3) is 5.91 Å². The second kappa shape index (κ2) is 13.3. The average Bonchev–Trinajstić information content (AvgIpc) is 3.38.